The van der Waals surface area contributed by atoms with Gasteiger partial charge in [0.05, 0.1) is 0 Å². The van der Waals surface area contributed by atoms with Crippen LogP contribution in [0.4, 0.5) is 11.5 Å². The highest BCUT2D eigenvalue weighted by atomic mass is 16.5. The molecule has 3 fully saturated rings. The minimum Gasteiger partial charge on any atom is -0.475 e. The van der Waals surface area contributed by atoms with Crippen molar-refractivity contribution in [2.75, 3.05) is 49.6 Å². The Morgan fingerprint density at radius 2 is 1.85 bits per heavy atom. The van der Waals surface area contributed by atoms with E-state index in [1.807, 2.05) is 12.1 Å². The Balaban J connectivity index is 1.30. The standard InChI is InChI=1S/C33H36N6O/c1-3-22-7-4-8-23-9-5-11-30(31(22)23)38-16-14-27-29(20-38)28(17-34)33(40-21-26-10-6-15-37(26)2)36-32(27)39-18-24-12-13-25(19-39)35-24/h1,4-5,7-9,11,24-26,35H,6,10,12-16,18-21H2,2H3/t24?,25?,26-/m0/s1. The Morgan fingerprint density at radius 3 is 2.58 bits per heavy atom. The zero-order valence-corrected chi connectivity index (χ0v) is 23.2. The van der Waals surface area contributed by atoms with E-state index in [4.69, 9.17) is 16.1 Å². The van der Waals surface area contributed by atoms with Crippen LogP contribution in [-0.2, 0) is 13.0 Å². The van der Waals surface area contributed by atoms with E-state index >= 15 is 0 Å². The van der Waals surface area contributed by atoms with Crippen molar-refractivity contribution >= 4 is 22.3 Å². The first-order valence-corrected chi connectivity index (χ1v) is 14.7. The predicted octanol–water partition coefficient (Wildman–Crippen LogP) is 4.06. The molecule has 0 aliphatic carbocycles. The van der Waals surface area contributed by atoms with E-state index in [0.29, 0.717) is 42.7 Å². The molecule has 3 atom stereocenters. The third kappa shape index (κ3) is 4.35. The molecule has 0 spiro atoms. The van der Waals surface area contributed by atoms with Gasteiger partial charge in [0.25, 0.3) is 0 Å². The lowest BCUT2D eigenvalue weighted by Crippen LogP contribution is -2.52. The van der Waals surface area contributed by atoms with Crippen LogP contribution in [0.25, 0.3) is 10.8 Å². The molecule has 7 heteroatoms. The molecular formula is C33H36N6O. The molecule has 1 N–H and O–H groups in total. The fourth-order valence-electron chi connectivity index (χ4n) is 7.32. The Labute approximate surface area is 236 Å². The number of ether oxygens (including phenoxy) is 1. The first-order valence-electron chi connectivity index (χ1n) is 14.7. The highest BCUT2D eigenvalue weighted by Crippen LogP contribution is 2.39. The Kier molecular flexibility index (Phi) is 6.50. The topological polar surface area (TPSA) is 67.7 Å². The van der Waals surface area contributed by atoms with Gasteiger partial charge >= 0.3 is 0 Å². The summed E-state index contributed by atoms with van der Waals surface area (Å²) in [6.07, 6.45) is 11.5. The van der Waals surface area contributed by atoms with Crippen molar-refractivity contribution in [3.05, 3.63) is 58.7 Å². The lowest BCUT2D eigenvalue weighted by atomic mass is 9.94. The number of piperazine rings is 1. The molecule has 1 aromatic heterocycles. The molecule has 4 aliphatic rings. The number of rotatable bonds is 5. The zero-order valence-electron chi connectivity index (χ0n) is 23.2. The average Bonchev–Trinajstić information content (AvgIpc) is 3.56. The van der Waals surface area contributed by atoms with Gasteiger partial charge in [0, 0.05) is 72.1 Å². The lowest BCUT2D eigenvalue weighted by Gasteiger charge is -2.38. The van der Waals surface area contributed by atoms with Crippen molar-refractivity contribution in [2.24, 2.45) is 0 Å². The minimum absolute atomic E-state index is 0.359. The second-order valence-corrected chi connectivity index (χ2v) is 11.8. The molecule has 2 aromatic carbocycles. The van der Waals surface area contributed by atoms with Crippen molar-refractivity contribution in [1.29, 1.82) is 5.26 Å². The quantitative estimate of drug-likeness (QED) is 0.497. The van der Waals surface area contributed by atoms with Gasteiger partial charge in [0.2, 0.25) is 5.88 Å². The number of nitrogens with zero attached hydrogens (tertiary/aromatic N) is 5. The fourth-order valence-corrected chi connectivity index (χ4v) is 7.32. The van der Waals surface area contributed by atoms with E-state index in [2.05, 4.69) is 63.3 Å². The molecule has 3 aromatic rings. The number of pyridine rings is 1. The smallest absolute Gasteiger partial charge is 0.234 e. The Hall–Kier alpha value is -3.78. The van der Waals surface area contributed by atoms with Crippen LogP contribution in [0.5, 0.6) is 5.88 Å². The molecule has 204 valence electrons. The van der Waals surface area contributed by atoms with Crippen molar-refractivity contribution in [3.8, 4) is 24.3 Å². The van der Waals surface area contributed by atoms with Gasteiger partial charge in [0.1, 0.15) is 24.1 Å². The van der Waals surface area contributed by atoms with Gasteiger partial charge < -0.3 is 24.8 Å². The minimum atomic E-state index is 0.359. The van der Waals surface area contributed by atoms with Gasteiger partial charge in [-0.25, -0.2) is 0 Å². The van der Waals surface area contributed by atoms with Crippen LogP contribution in [0.2, 0.25) is 0 Å². The molecular weight excluding hydrogens is 496 g/mol. The number of likely N-dealkylation sites (tertiary alicyclic amines) is 1. The van der Waals surface area contributed by atoms with Gasteiger partial charge in [-0.3, -0.25) is 0 Å². The molecule has 3 saturated heterocycles. The number of anilines is 2. The number of benzene rings is 2. The van der Waals surface area contributed by atoms with Crippen LogP contribution in [0.1, 0.15) is 47.9 Å². The van der Waals surface area contributed by atoms with Crippen molar-refractivity contribution in [1.82, 2.24) is 15.2 Å². The van der Waals surface area contributed by atoms with E-state index in [1.165, 1.54) is 24.8 Å². The maximum absolute atomic E-state index is 10.5. The number of fused-ring (bicyclic) bond motifs is 4. The van der Waals surface area contributed by atoms with Crippen molar-refractivity contribution in [3.63, 3.8) is 0 Å². The van der Waals surface area contributed by atoms with Gasteiger partial charge in [-0.1, -0.05) is 30.2 Å². The summed E-state index contributed by atoms with van der Waals surface area (Å²) in [5.41, 5.74) is 4.86. The number of hydrogen-bond donors (Lipinski definition) is 1. The summed E-state index contributed by atoms with van der Waals surface area (Å²) in [5, 5.41) is 16.5. The van der Waals surface area contributed by atoms with E-state index < -0.39 is 0 Å². The normalized spacial score (nSPS) is 24.1. The van der Waals surface area contributed by atoms with Gasteiger partial charge in [-0.15, -0.1) is 6.42 Å². The third-order valence-electron chi connectivity index (χ3n) is 9.43. The zero-order chi connectivity index (χ0) is 27.2. The van der Waals surface area contributed by atoms with Crippen molar-refractivity contribution < 1.29 is 4.74 Å². The highest BCUT2D eigenvalue weighted by Gasteiger charge is 2.36. The predicted molar refractivity (Wildman–Crippen MR) is 159 cm³/mol. The maximum atomic E-state index is 10.5. The summed E-state index contributed by atoms with van der Waals surface area (Å²) in [4.78, 5) is 12.3. The molecule has 0 amide bonds. The van der Waals surface area contributed by atoms with Crippen LogP contribution in [0.15, 0.2) is 36.4 Å². The molecule has 7 nitrogen and oxygen atoms in total. The number of terminal acetylenes is 1. The molecule has 0 saturated carbocycles. The summed E-state index contributed by atoms with van der Waals surface area (Å²) in [5.74, 6) is 4.40. The average molecular weight is 533 g/mol. The van der Waals surface area contributed by atoms with E-state index in [1.54, 1.807) is 0 Å². The first kappa shape index (κ1) is 25.2. The monoisotopic (exact) mass is 532 g/mol. The van der Waals surface area contributed by atoms with Gasteiger partial charge in [-0.05, 0) is 63.2 Å². The summed E-state index contributed by atoms with van der Waals surface area (Å²) in [6.45, 7) is 5.02. The Bertz CT molecular complexity index is 1520. The van der Waals surface area contributed by atoms with Gasteiger partial charge in [0.15, 0.2) is 0 Å². The molecule has 0 radical (unpaired) electrons. The Morgan fingerprint density at radius 1 is 1.05 bits per heavy atom. The SMILES string of the molecule is C#Cc1cccc2cccc(N3CCc4c(N5CC6CCC(C5)N6)nc(OC[C@@H]5CCCN5C)c(C#N)c4C3)c12. The van der Waals surface area contributed by atoms with E-state index in [0.717, 1.165) is 72.4 Å². The largest absolute Gasteiger partial charge is 0.475 e. The fraction of sp³-hybridized carbons (Fsp3) is 0.455. The molecule has 4 aliphatic heterocycles. The van der Waals surface area contributed by atoms with Crippen LogP contribution >= 0.6 is 0 Å². The van der Waals surface area contributed by atoms with E-state index in [9.17, 15) is 5.26 Å². The number of aromatic nitrogens is 1. The summed E-state index contributed by atoms with van der Waals surface area (Å²) < 4.78 is 6.43. The second kappa shape index (κ2) is 10.3. The van der Waals surface area contributed by atoms with Crippen LogP contribution < -0.4 is 19.9 Å². The van der Waals surface area contributed by atoms with Crippen LogP contribution in [-0.4, -0.2) is 67.8 Å². The summed E-state index contributed by atoms with van der Waals surface area (Å²) in [6, 6.07) is 16.4. The van der Waals surface area contributed by atoms with Crippen LogP contribution in [0, 0.1) is 23.7 Å². The van der Waals surface area contributed by atoms with Crippen LogP contribution in [0.3, 0.4) is 0 Å². The van der Waals surface area contributed by atoms with Gasteiger partial charge in [-0.2, -0.15) is 10.2 Å². The number of likely N-dealkylation sites (N-methyl/N-ethyl adjacent to an activating group) is 1. The van der Waals surface area contributed by atoms with E-state index in [-0.39, 0.29) is 0 Å². The lowest BCUT2D eigenvalue weighted by molar-refractivity contribution is 0.192. The maximum Gasteiger partial charge on any atom is 0.234 e. The molecule has 40 heavy (non-hydrogen) atoms. The highest BCUT2D eigenvalue weighted by molar-refractivity contribution is 5.99. The molecule has 2 bridgehead atoms. The first-order chi connectivity index (χ1) is 19.6. The van der Waals surface area contributed by atoms with Crippen molar-refractivity contribution in [2.45, 2.75) is 56.8 Å². The summed E-state index contributed by atoms with van der Waals surface area (Å²) in [7, 11) is 2.15. The summed E-state index contributed by atoms with van der Waals surface area (Å²) >= 11 is 0. The number of nitriles is 1. The second-order valence-electron chi connectivity index (χ2n) is 11.8. The molecule has 2 unspecified atom stereocenters. The molecule has 5 heterocycles. The molecule has 7 rings (SSSR count). The number of hydrogen-bond acceptors (Lipinski definition) is 7. The third-order valence-corrected chi connectivity index (χ3v) is 9.43. The number of nitrogens with one attached hydrogen (secondary N) is 1.